The number of nitrogens with zero attached hydrogens (tertiary/aromatic N) is 1. The molecule has 1 aliphatic rings. The minimum atomic E-state index is -0.0264. The first-order chi connectivity index (χ1) is 12.6. The summed E-state index contributed by atoms with van der Waals surface area (Å²) in [5.74, 6) is 2.11. The van der Waals surface area contributed by atoms with Crippen molar-refractivity contribution in [3.05, 3.63) is 52.0 Å². The number of rotatable bonds is 5. The summed E-state index contributed by atoms with van der Waals surface area (Å²) in [4.78, 5) is 15.1. The molecule has 0 N–H and O–H groups in total. The Hall–Kier alpha value is -2.21. The summed E-state index contributed by atoms with van der Waals surface area (Å²) in [6, 6.07) is 11.2. The van der Waals surface area contributed by atoms with Gasteiger partial charge in [-0.1, -0.05) is 0 Å². The molecule has 0 radical (unpaired) electrons. The van der Waals surface area contributed by atoms with E-state index in [1.54, 1.807) is 27.4 Å². The fourth-order valence-corrected chi connectivity index (χ4v) is 3.79. The lowest BCUT2D eigenvalue weighted by molar-refractivity contribution is 0.0733. The number of hydrogen-bond acceptors (Lipinski definition) is 4. The monoisotopic (exact) mass is 419 g/mol. The molecule has 2 aromatic carbocycles. The van der Waals surface area contributed by atoms with Crippen molar-refractivity contribution in [2.24, 2.45) is 0 Å². The third-order valence-corrected chi connectivity index (χ3v) is 5.41. The summed E-state index contributed by atoms with van der Waals surface area (Å²) >= 11 is 3.49. The van der Waals surface area contributed by atoms with Crippen molar-refractivity contribution in [3.63, 3.8) is 0 Å². The van der Waals surface area contributed by atoms with Crippen LogP contribution in [0.2, 0.25) is 0 Å². The van der Waals surface area contributed by atoms with Crippen molar-refractivity contribution in [1.29, 1.82) is 0 Å². The highest BCUT2D eigenvalue weighted by Gasteiger charge is 2.33. The predicted molar refractivity (Wildman–Crippen MR) is 103 cm³/mol. The van der Waals surface area contributed by atoms with Crippen molar-refractivity contribution in [3.8, 4) is 17.2 Å². The van der Waals surface area contributed by atoms with Crippen molar-refractivity contribution in [2.45, 2.75) is 18.9 Å². The first-order valence-corrected chi connectivity index (χ1v) is 9.24. The topological polar surface area (TPSA) is 48.0 Å². The van der Waals surface area contributed by atoms with Gasteiger partial charge in [0.2, 0.25) is 0 Å². The fraction of sp³-hybridized carbons (Fsp3) is 0.350. The lowest BCUT2D eigenvalue weighted by Gasteiger charge is -2.27. The fourth-order valence-electron chi connectivity index (χ4n) is 3.38. The minimum absolute atomic E-state index is 0.0175. The van der Waals surface area contributed by atoms with E-state index in [0.29, 0.717) is 17.9 Å². The highest BCUT2D eigenvalue weighted by molar-refractivity contribution is 9.10. The molecule has 0 aliphatic carbocycles. The Morgan fingerprint density at radius 3 is 2.42 bits per heavy atom. The molecule has 0 saturated carbocycles. The minimum Gasteiger partial charge on any atom is -0.497 e. The van der Waals surface area contributed by atoms with Crippen LogP contribution in [0.3, 0.4) is 0 Å². The van der Waals surface area contributed by atoms with Crippen LogP contribution >= 0.6 is 15.9 Å². The average Bonchev–Trinajstić information content (AvgIpc) is 3.16. The second-order valence-electron chi connectivity index (χ2n) is 6.11. The Kier molecular flexibility index (Phi) is 5.71. The maximum Gasteiger partial charge on any atom is 0.255 e. The van der Waals surface area contributed by atoms with E-state index in [1.807, 2.05) is 35.2 Å². The van der Waals surface area contributed by atoms with Crippen LogP contribution < -0.4 is 14.2 Å². The molecular formula is C20H22BrNO4. The highest BCUT2D eigenvalue weighted by atomic mass is 79.9. The zero-order valence-corrected chi connectivity index (χ0v) is 16.7. The summed E-state index contributed by atoms with van der Waals surface area (Å²) in [6.07, 6.45) is 1.85. The molecule has 5 nitrogen and oxygen atoms in total. The first kappa shape index (κ1) is 18.6. The Morgan fingerprint density at radius 2 is 1.73 bits per heavy atom. The van der Waals surface area contributed by atoms with E-state index in [-0.39, 0.29) is 11.9 Å². The molecule has 1 fully saturated rings. The van der Waals surface area contributed by atoms with E-state index in [1.165, 1.54) is 0 Å². The molecule has 0 bridgehead atoms. The van der Waals surface area contributed by atoms with Gasteiger partial charge in [-0.3, -0.25) is 4.79 Å². The zero-order chi connectivity index (χ0) is 18.7. The van der Waals surface area contributed by atoms with Crippen molar-refractivity contribution in [1.82, 2.24) is 4.90 Å². The number of ether oxygens (including phenoxy) is 3. The van der Waals surface area contributed by atoms with Gasteiger partial charge < -0.3 is 19.1 Å². The van der Waals surface area contributed by atoms with Gasteiger partial charge in [0.15, 0.2) is 0 Å². The number of benzene rings is 2. The van der Waals surface area contributed by atoms with Gasteiger partial charge in [-0.05, 0) is 59.1 Å². The Morgan fingerprint density at radius 1 is 1.04 bits per heavy atom. The van der Waals surface area contributed by atoms with Gasteiger partial charge in [0.25, 0.3) is 5.91 Å². The molecule has 138 valence electrons. The van der Waals surface area contributed by atoms with Crippen LogP contribution in [0.15, 0.2) is 40.9 Å². The van der Waals surface area contributed by atoms with E-state index >= 15 is 0 Å². The molecule has 3 rings (SSSR count). The number of carbonyl (C=O) groups excluding carboxylic acids is 1. The number of hydrogen-bond donors (Lipinski definition) is 0. The van der Waals surface area contributed by atoms with Crippen LogP contribution in [0.5, 0.6) is 17.2 Å². The second kappa shape index (κ2) is 7.99. The SMILES string of the molecule is COc1ccc(C2CCCN2C(=O)c2cc(OC)ccc2Br)c(OC)c1. The molecule has 1 heterocycles. The van der Waals surface area contributed by atoms with Crippen LogP contribution in [0.4, 0.5) is 0 Å². The van der Waals surface area contributed by atoms with Crippen LogP contribution in [-0.4, -0.2) is 38.7 Å². The van der Waals surface area contributed by atoms with Gasteiger partial charge in [-0.15, -0.1) is 0 Å². The first-order valence-electron chi connectivity index (χ1n) is 8.45. The summed E-state index contributed by atoms with van der Waals surface area (Å²) in [5, 5.41) is 0. The maximum atomic E-state index is 13.2. The van der Waals surface area contributed by atoms with Gasteiger partial charge in [-0.2, -0.15) is 0 Å². The molecule has 1 aliphatic heterocycles. The van der Waals surface area contributed by atoms with Crippen LogP contribution in [-0.2, 0) is 0 Å². The molecule has 0 spiro atoms. The largest absolute Gasteiger partial charge is 0.497 e. The van der Waals surface area contributed by atoms with Gasteiger partial charge in [0, 0.05) is 22.6 Å². The standard InChI is InChI=1S/C20H22BrNO4/c1-24-13-7-9-17(21)16(11-13)20(23)22-10-4-5-18(22)15-8-6-14(25-2)12-19(15)26-3/h6-9,11-12,18H,4-5,10H2,1-3H3. The summed E-state index contributed by atoms with van der Waals surface area (Å²) in [5.41, 5.74) is 1.60. The Bertz CT molecular complexity index is 808. The number of carbonyl (C=O) groups is 1. The molecule has 26 heavy (non-hydrogen) atoms. The van der Waals surface area contributed by atoms with E-state index in [9.17, 15) is 4.79 Å². The van der Waals surface area contributed by atoms with E-state index in [0.717, 1.165) is 34.4 Å². The van der Waals surface area contributed by atoms with E-state index < -0.39 is 0 Å². The normalized spacial score (nSPS) is 16.5. The van der Waals surface area contributed by atoms with Crippen LogP contribution in [0.1, 0.15) is 34.8 Å². The summed E-state index contributed by atoms with van der Waals surface area (Å²) < 4.78 is 16.9. The Labute approximate surface area is 162 Å². The van der Waals surface area contributed by atoms with Gasteiger partial charge in [0.05, 0.1) is 32.9 Å². The van der Waals surface area contributed by atoms with Gasteiger partial charge >= 0.3 is 0 Å². The van der Waals surface area contributed by atoms with E-state index in [2.05, 4.69) is 15.9 Å². The third-order valence-electron chi connectivity index (χ3n) is 4.72. The smallest absolute Gasteiger partial charge is 0.255 e. The summed E-state index contributed by atoms with van der Waals surface area (Å²) in [6.45, 7) is 0.711. The lowest BCUT2D eigenvalue weighted by Crippen LogP contribution is -2.31. The molecular weight excluding hydrogens is 398 g/mol. The quantitative estimate of drug-likeness (QED) is 0.717. The molecule has 1 unspecified atom stereocenters. The molecule has 2 aromatic rings. The van der Waals surface area contributed by atoms with Crippen molar-refractivity contribution >= 4 is 21.8 Å². The number of methoxy groups -OCH3 is 3. The molecule has 1 atom stereocenters. The number of halogens is 1. The van der Waals surface area contributed by atoms with Crippen molar-refractivity contribution in [2.75, 3.05) is 27.9 Å². The molecule has 0 aromatic heterocycles. The van der Waals surface area contributed by atoms with Gasteiger partial charge in [-0.25, -0.2) is 0 Å². The maximum absolute atomic E-state index is 13.2. The molecule has 1 amide bonds. The van der Waals surface area contributed by atoms with E-state index in [4.69, 9.17) is 14.2 Å². The van der Waals surface area contributed by atoms with Crippen LogP contribution in [0, 0.1) is 0 Å². The lowest BCUT2D eigenvalue weighted by atomic mass is 10.0. The van der Waals surface area contributed by atoms with Crippen molar-refractivity contribution < 1.29 is 19.0 Å². The Balaban J connectivity index is 1.95. The second-order valence-corrected chi connectivity index (χ2v) is 6.96. The molecule has 6 heteroatoms. The third kappa shape index (κ3) is 3.51. The van der Waals surface area contributed by atoms with Gasteiger partial charge in [0.1, 0.15) is 17.2 Å². The number of likely N-dealkylation sites (tertiary alicyclic amines) is 1. The average molecular weight is 420 g/mol. The summed E-state index contributed by atoms with van der Waals surface area (Å²) in [7, 11) is 4.86. The highest BCUT2D eigenvalue weighted by Crippen LogP contribution is 2.40. The van der Waals surface area contributed by atoms with Crippen LogP contribution in [0.25, 0.3) is 0 Å². The molecule has 1 saturated heterocycles. The predicted octanol–water partition coefficient (Wildman–Crippen LogP) is 4.45. The zero-order valence-electron chi connectivity index (χ0n) is 15.1. The number of amides is 1.